The van der Waals surface area contributed by atoms with Crippen molar-refractivity contribution in [2.45, 2.75) is 19.1 Å². The average Bonchev–Trinajstić information content (AvgIpc) is 3.11. The second kappa shape index (κ2) is 8.14. The van der Waals surface area contributed by atoms with Crippen molar-refractivity contribution in [3.63, 3.8) is 0 Å². The molecule has 0 aliphatic heterocycles. The predicted octanol–water partition coefficient (Wildman–Crippen LogP) is 4.33. The van der Waals surface area contributed by atoms with E-state index in [1.807, 2.05) is 38.1 Å². The number of hydrogen-bond acceptors (Lipinski definition) is 5. The van der Waals surface area contributed by atoms with Gasteiger partial charge >= 0.3 is 0 Å². The van der Waals surface area contributed by atoms with Crippen LogP contribution in [0.5, 0.6) is 0 Å². The van der Waals surface area contributed by atoms with Crippen molar-refractivity contribution in [1.82, 2.24) is 10.2 Å². The van der Waals surface area contributed by atoms with Crippen LogP contribution in [0.4, 0.5) is 10.1 Å². The fraction of sp³-hybridized carbons (Fsp3) is 0.211. The summed E-state index contributed by atoms with van der Waals surface area (Å²) in [6.45, 7) is 4.33. The molecule has 2 aromatic carbocycles. The lowest BCUT2D eigenvalue weighted by Crippen LogP contribution is -2.32. The second-order valence-electron chi connectivity index (χ2n) is 5.59. The Labute approximate surface area is 155 Å². The van der Waals surface area contributed by atoms with Gasteiger partial charge in [0.2, 0.25) is 11.8 Å². The molecule has 0 N–H and O–H groups in total. The van der Waals surface area contributed by atoms with E-state index in [0.29, 0.717) is 23.3 Å². The van der Waals surface area contributed by atoms with Gasteiger partial charge in [0.15, 0.2) is 0 Å². The molecule has 0 saturated carbocycles. The van der Waals surface area contributed by atoms with Gasteiger partial charge in [-0.1, -0.05) is 30.0 Å². The van der Waals surface area contributed by atoms with Gasteiger partial charge in [-0.2, -0.15) is 0 Å². The molecule has 5 nitrogen and oxygen atoms in total. The molecule has 134 valence electrons. The lowest BCUT2D eigenvalue weighted by molar-refractivity contribution is -0.116. The first-order chi connectivity index (χ1) is 12.6. The molecular formula is C19H18FN3O2S. The highest BCUT2D eigenvalue weighted by atomic mass is 32.2. The molecule has 3 rings (SSSR count). The van der Waals surface area contributed by atoms with Crippen LogP contribution >= 0.6 is 11.8 Å². The van der Waals surface area contributed by atoms with Gasteiger partial charge in [0.05, 0.1) is 5.75 Å². The molecule has 0 saturated heterocycles. The van der Waals surface area contributed by atoms with Gasteiger partial charge in [0.1, 0.15) is 5.82 Å². The van der Waals surface area contributed by atoms with Crippen LogP contribution in [0.2, 0.25) is 0 Å². The van der Waals surface area contributed by atoms with Gasteiger partial charge in [0, 0.05) is 17.8 Å². The van der Waals surface area contributed by atoms with Crippen molar-refractivity contribution in [1.29, 1.82) is 0 Å². The third kappa shape index (κ3) is 4.11. The van der Waals surface area contributed by atoms with Crippen molar-refractivity contribution in [3.05, 3.63) is 59.9 Å². The molecule has 1 amide bonds. The molecule has 0 bridgehead atoms. The molecule has 1 aromatic heterocycles. The van der Waals surface area contributed by atoms with E-state index < -0.39 is 0 Å². The van der Waals surface area contributed by atoms with E-state index >= 15 is 0 Å². The zero-order valence-corrected chi connectivity index (χ0v) is 15.3. The number of carbonyl (C=O) groups excluding carboxylic acids is 1. The maximum absolute atomic E-state index is 13.1. The Hall–Kier alpha value is -2.67. The lowest BCUT2D eigenvalue weighted by Gasteiger charge is -2.20. The topological polar surface area (TPSA) is 59.2 Å². The van der Waals surface area contributed by atoms with Crippen LogP contribution in [0.3, 0.4) is 0 Å². The first-order valence-corrected chi connectivity index (χ1v) is 9.15. The molecule has 7 heteroatoms. The van der Waals surface area contributed by atoms with E-state index in [2.05, 4.69) is 10.2 Å². The van der Waals surface area contributed by atoms with E-state index in [-0.39, 0.29) is 17.5 Å². The number of halogens is 1. The van der Waals surface area contributed by atoms with Gasteiger partial charge in [-0.25, -0.2) is 4.39 Å². The summed E-state index contributed by atoms with van der Waals surface area (Å²) < 4.78 is 18.7. The summed E-state index contributed by atoms with van der Waals surface area (Å²) in [5.41, 5.74) is 2.57. The summed E-state index contributed by atoms with van der Waals surface area (Å²) in [4.78, 5) is 14.1. The normalized spacial score (nSPS) is 10.7. The highest BCUT2D eigenvalue weighted by Gasteiger charge is 2.17. The number of carbonyl (C=O) groups is 1. The maximum Gasteiger partial charge on any atom is 0.277 e. The Morgan fingerprint density at radius 2 is 1.88 bits per heavy atom. The Morgan fingerprint density at radius 3 is 2.58 bits per heavy atom. The molecule has 1 heterocycles. The first-order valence-electron chi connectivity index (χ1n) is 8.16. The van der Waals surface area contributed by atoms with Crippen molar-refractivity contribution >= 4 is 23.4 Å². The van der Waals surface area contributed by atoms with Crippen molar-refractivity contribution in [3.8, 4) is 11.5 Å². The van der Waals surface area contributed by atoms with Crippen LogP contribution in [0.1, 0.15) is 12.5 Å². The Balaban J connectivity index is 1.66. The number of nitrogens with zero attached hydrogens (tertiary/aromatic N) is 3. The molecule has 3 aromatic rings. The molecule has 0 aliphatic carbocycles. The largest absolute Gasteiger partial charge is 0.411 e. The van der Waals surface area contributed by atoms with Gasteiger partial charge in [-0.3, -0.25) is 4.79 Å². The summed E-state index contributed by atoms with van der Waals surface area (Å²) in [5, 5.41) is 8.39. The average molecular weight is 371 g/mol. The standard InChI is InChI=1S/C19H18FN3O2S/c1-3-23(15-10-8-14(20)9-11-15)17(24)12-26-19-22-21-18(25-19)16-7-5-4-6-13(16)2/h4-11H,3,12H2,1-2H3. The first kappa shape index (κ1) is 18.1. The number of aryl methyl sites for hydroxylation is 1. The fourth-order valence-electron chi connectivity index (χ4n) is 2.52. The molecule has 0 aliphatic rings. The summed E-state index contributed by atoms with van der Waals surface area (Å²) in [7, 11) is 0. The summed E-state index contributed by atoms with van der Waals surface area (Å²) >= 11 is 1.19. The van der Waals surface area contributed by atoms with E-state index in [9.17, 15) is 9.18 Å². The van der Waals surface area contributed by atoms with Gasteiger partial charge in [-0.05, 0) is 49.7 Å². The third-order valence-corrected chi connectivity index (χ3v) is 4.66. The number of aromatic nitrogens is 2. The minimum atomic E-state index is -0.332. The molecular weight excluding hydrogens is 353 g/mol. The quantitative estimate of drug-likeness (QED) is 0.604. The molecule has 26 heavy (non-hydrogen) atoms. The van der Waals surface area contributed by atoms with E-state index in [0.717, 1.165) is 11.1 Å². The van der Waals surface area contributed by atoms with Crippen molar-refractivity contribution < 1.29 is 13.6 Å². The maximum atomic E-state index is 13.1. The number of hydrogen-bond donors (Lipinski definition) is 0. The summed E-state index contributed by atoms with van der Waals surface area (Å²) in [6.07, 6.45) is 0. The molecule has 0 unspecified atom stereocenters. The van der Waals surface area contributed by atoms with E-state index in [1.54, 1.807) is 17.0 Å². The molecule has 0 fully saturated rings. The second-order valence-corrected chi connectivity index (χ2v) is 6.52. The minimum absolute atomic E-state index is 0.111. The highest BCUT2D eigenvalue weighted by molar-refractivity contribution is 7.99. The predicted molar refractivity (Wildman–Crippen MR) is 99.6 cm³/mol. The highest BCUT2D eigenvalue weighted by Crippen LogP contribution is 2.26. The van der Waals surface area contributed by atoms with Crippen LogP contribution < -0.4 is 4.90 Å². The Bertz CT molecular complexity index is 896. The number of anilines is 1. The number of rotatable bonds is 6. The molecule has 0 radical (unpaired) electrons. The van der Waals surface area contributed by atoms with E-state index in [4.69, 9.17) is 4.42 Å². The Kier molecular flexibility index (Phi) is 5.68. The number of thioether (sulfide) groups is 1. The van der Waals surface area contributed by atoms with Crippen LogP contribution in [-0.4, -0.2) is 28.4 Å². The Morgan fingerprint density at radius 1 is 1.15 bits per heavy atom. The zero-order valence-electron chi connectivity index (χ0n) is 14.5. The lowest BCUT2D eigenvalue weighted by atomic mass is 10.1. The molecule has 0 atom stereocenters. The number of benzene rings is 2. The van der Waals surface area contributed by atoms with Crippen LogP contribution in [0.25, 0.3) is 11.5 Å². The monoisotopic (exact) mass is 371 g/mol. The third-order valence-electron chi connectivity index (χ3n) is 3.86. The zero-order chi connectivity index (χ0) is 18.5. The van der Waals surface area contributed by atoms with Crippen LogP contribution in [0.15, 0.2) is 58.2 Å². The van der Waals surface area contributed by atoms with Crippen molar-refractivity contribution in [2.24, 2.45) is 0 Å². The van der Waals surface area contributed by atoms with E-state index in [1.165, 1.54) is 23.9 Å². The smallest absolute Gasteiger partial charge is 0.277 e. The van der Waals surface area contributed by atoms with Crippen LogP contribution in [-0.2, 0) is 4.79 Å². The van der Waals surface area contributed by atoms with Crippen LogP contribution in [0, 0.1) is 12.7 Å². The van der Waals surface area contributed by atoms with Gasteiger partial charge in [-0.15, -0.1) is 10.2 Å². The SMILES string of the molecule is CCN(C(=O)CSc1nnc(-c2ccccc2C)o1)c1ccc(F)cc1. The summed E-state index contributed by atoms with van der Waals surface area (Å²) in [5.74, 6) is 0.144. The fourth-order valence-corrected chi connectivity index (χ4v) is 3.15. The van der Waals surface area contributed by atoms with Gasteiger partial charge < -0.3 is 9.32 Å². The summed E-state index contributed by atoms with van der Waals surface area (Å²) in [6, 6.07) is 13.6. The number of amides is 1. The van der Waals surface area contributed by atoms with Crippen molar-refractivity contribution in [2.75, 3.05) is 17.2 Å². The van der Waals surface area contributed by atoms with Gasteiger partial charge in [0.25, 0.3) is 5.22 Å². The minimum Gasteiger partial charge on any atom is -0.411 e. The molecule has 0 spiro atoms.